The van der Waals surface area contributed by atoms with E-state index in [4.69, 9.17) is 23.2 Å². The topological polar surface area (TPSA) is 71.9 Å². The van der Waals surface area contributed by atoms with E-state index in [-0.39, 0.29) is 10.4 Å². The van der Waals surface area contributed by atoms with Crippen LogP contribution in [0.1, 0.15) is 0 Å². The van der Waals surface area contributed by atoms with Crippen LogP contribution in [0.25, 0.3) is 11.0 Å². The minimum absolute atomic E-state index is 0.0728. The lowest BCUT2D eigenvalue weighted by atomic mass is 10.4. The molecule has 19 heavy (non-hydrogen) atoms. The molecule has 1 unspecified atom stereocenters. The van der Waals surface area contributed by atoms with Crippen molar-refractivity contribution < 1.29 is 4.21 Å². The number of halogens is 2. The highest BCUT2D eigenvalue weighted by atomic mass is 35.5. The van der Waals surface area contributed by atoms with Gasteiger partial charge in [-0.25, -0.2) is 15.0 Å². The number of aromatic nitrogens is 4. The van der Waals surface area contributed by atoms with Crippen LogP contribution in [0.2, 0.25) is 10.4 Å². The zero-order chi connectivity index (χ0) is 14.0. The average Bonchev–Trinajstić information content (AvgIpc) is 2.36. The first-order chi connectivity index (χ1) is 8.99. The molecule has 6 nitrogen and oxygen atoms in total. The lowest BCUT2D eigenvalue weighted by Gasteiger charge is -2.18. The Kier molecular flexibility index (Phi) is 4.49. The van der Waals surface area contributed by atoms with E-state index in [0.29, 0.717) is 29.1 Å². The molecule has 0 saturated carbocycles. The van der Waals surface area contributed by atoms with Gasteiger partial charge >= 0.3 is 0 Å². The second kappa shape index (κ2) is 5.94. The minimum atomic E-state index is -0.880. The molecule has 0 aromatic carbocycles. The van der Waals surface area contributed by atoms with Crippen molar-refractivity contribution in [1.29, 1.82) is 0 Å². The maximum atomic E-state index is 11.1. The Morgan fingerprint density at radius 1 is 1.26 bits per heavy atom. The number of hydrogen-bond donors (Lipinski definition) is 0. The molecule has 102 valence electrons. The third-order valence-corrected chi connectivity index (χ3v) is 3.67. The third-order valence-electron chi connectivity index (χ3n) is 2.47. The smallest absolute Gasteiger partial charge is 0.225 e. The van der Waals surface area contributed by atoms with E-state index in [1.54, 1.807) is 6.26 Å². The molecule has 0 fully saturated rings. The predicted octanol–water partition coefficient (Wildman–Crippen LogP) is 1.54. The summed E-state index contributed by atoms with van der Waals surface area (Å²) in [6.45, 7) is 0.563. The molecule has 0 saturated heterocycles. The number of anilines is 1. The molecule has 0 bridgehead atoms. The Morgan fingerprint density at radius 2 is 2.00 bits per heavy atom. The zero-order valence-corrected chi connectivity index (χ0v) is 12.6. The first kappa shape index (κ1) is 14.4. The number of fused-ring (bicyclic) bond motifs is 1. The molecule has 2 heterocycles. The predicted molar refractivity (Wildman–Crippen MR) is 77.4 cm³/mol. The van der Waals surface area contributed by atoms with Gasteiger partial charge in [0.05, 0.1) is 0 Å². The number of nitrogens with zero attached hydrogens (tertiary/aromatic N) is 5. The van der Waals surface area contributed by atoms with E-state index >= 15 is 0 Å². The molecule has 2 aromatic heterocycles. The van der Waals surface area contributed by atoms with Crippen LogP contribution in [0.15, 0.2) is 6.33 Å². The van der Waals surface area contributed by atoms with E-state index in [1.165, 1.54) is 6.33 Å². The average molecular weight is 320 g/mol. The van der Waals surface area contributed by atoms with E-state index in [0.717, 1.165) is 0 Å². The highest BCUT2D eigenvalue weighted by Gasteiger charge is 2.15. The zero-order valence-electron chi connectivity index (χ0n) is 10.3. The molecule has 0 aliphatic rings. The monoisotopic (exact) mass is 319 g/mol. The fraction of sp³-hybridized carbons (Fsp3) is 0.400. The van der Waals surface area contributed by atoms with Gasteiger partial charge < -0.3 is 4.90 Å². The molecule has 0 spiro atoms. The lowest BCUT2D eigenvalue weighted by molar-refractivity contribution is 0.685. The molecule has 0 aliphatic heterocycles. The van der Waals surface area contributed by atoms with Crippen molar-refractivity contribution in [3.05, 3.63) is 16.8 Å². The Bertz CT molecular complexity index is 639. The lowest BCUT2D eigenvalue weighted by Crippen LogP contribution is -2.24. The Morgan fingerprint density at radius 3 is 2.68 bits per heavy atom. The fourth-order valence-corrected chi connectivity index (χ4v) is 2.39. The number of rotatable bonds is 4. The molecule has 0 radical (unpaired) electrons. The maximum Gasteiger partial charge on any atom is 0.225 e. The van der Waals surface area contributed by atoms with Crippen LogP contribution in [0.4, 0.5) is 5.82 Å². The molecule has 2 rings (SSSR count). The largest absolute Gasteiger partial charge is 0.357 e. The molecule has 0 amide bonds. The van der Waals surface area contributed by atoms with Crippen molar-refractivity contribution in [3.63, 3.8) is 0 Å². The molecule has 9 heteroatoms. The first-order valence-electron chi connectivity index (χ1n) is 5.34. The van der Waals surface area contributed by atoms with E-state index in [9.17, 15) is 4.21 Å². The van der Waals surface area contributed by atoms with Crippen molar-refractivity contribution in [3.8, 4) is 0 Å². The van der Waals surface area contributed by atoms with E-state index < -0.39 is 10.8 Å². The van der Waals surface area contributed by atoms with Crippen molar-refractivity contribution in [2.45, 2.75) is 0 Å². The SMILES string of the molecule is CN(CCS(C)=O)c1nc(Cl)nc2c(Cl)ncnc12. The summed E-state index contributed by atoms with van der Waals surface area (Å²) in [5.74, 6) is 1.07. The highest BCUT2D eigenvalue weighted by molar-refractivity contribution is 7.84. The van der Waals surface area contributed by atoms with Gasteiger partial charge in [-0.05, 0) is 11.6 Å². The summed E-state index contributed by atoms with van der Waals surface area (Å²) < 4.78 is 11.1. The van der Waals surface area contributed by atoms with Gasteiger partial charge in [0.25, 0.3) is 0 Å². The summed E-state index contributed by atoms with van der Waals surface area (Å²) in [5, 5.41) is 0.298. The van der Waals surface area contributed by atoms with Crippen LogP contribution in [0.3, 0.4) is 0 Å². The number of hydrogen-bond acceptors (Lipinski definition) is 6. The normalized spacial score (nSPS) is 12.6. The van der Waals surface area contributed by atoms with Gasteiger partial charge in [-0.1, -0.05) is 11.6 Å². The van der Waals surface area contributed by atoms with Crippen LogP contribution in [-0.4, -0.2) is 49.7 Å². The maximum absolute atomic E-state index is 11.1. The second-order valence-corrected chi connectivity index (χ2v) is 6.13. The third kappa shape index (κ3) is 3.29. The van der Waals surface area contributed by atoms with Crippen LogP contribution in [0, 0.1) is 0 Å². The quantitative estimate of drug-likeness (QED) is 0.628. The standard InChI is InChI=1S/C10H11Cl2N5OS/c1-17(3-4-19(2)18)9-7-6(15-10(12)16-9)8(11)14-5-13-7/h5H,3-4H2,1-2H3. The van der Waals surface area contributed by atoms with Crippen LogP contribution in [-0.2, 0) is 10.8 Å². The minimum Gasteiger partial charge on any atom is -0.357 e. The van der Waals surface area contributed by atoms with Crippen molar-refractivity contribution in [2.75, 3.05) is 30.5 Å². The van der Waals surface area contributed by atoms with Crippen molar-refractivity contribution in [2.24, 2.45) is 0 Å². The summed E-state index contributed by atoms with van der Waals surface area (Å²) in [5.41, 5.74) is 0.928. The van der Waals surface area contributed by atoms with Gasteiger partial charge in [0.1, 0.15) is 17.4 Å². The highest BCUT2D eigenvalue weighted by Crippen LogP contribution is 2.25. The molecule has 0 aliphatic carbocycles. The van der Waals surface area contributed by atoms with Crippen LogP contribution < -0.4 is 4.90 Å². The summed E-state index contributed by atoms with van der Waals surface area (Å²) in [6, 6.07) is 0. The second-order valence-electron chi connectivity index (χ2n) is 3.88. The van der Waals surface area contributed by atoms with Gasteiger partial charge in [-0.3, -0.25) is 4.21 Å². The van der Waals surface area contributed by atoms with Gasteiger partial charge in [-0.2, -0.15) is 4.98 Å². The van der Waals surface area contributed by atoms with E-state index in [2.05, 4.69) is 19.9 Å². The van der Waals surface area contributed by atoms with Crippen LogP contribution >= 0.6 is 23.2 Å². The van der Waals surface area contributed by atoms with Gasteiger partial charge in [-0.15, -0.1) is 0 Å². The van der Waals surface area contributed by atoms with Crippen molar-refractivity contribution in [1.82, 2.24) is 19.9 Å². The Hall–Kier alpha value is -1.05. The summed E-state index contributed by atoms with van der Waals surface area (Å²) in [4.78, 5) is 18.0. The summed E-state index contributed by atoms with van der Waals surface area (Å²) >= 11 is 11.8. The molecular weight excluding hydrogens is 309 g/mol. The van der Waals surface area contributed by atoms with E-state index in [1.807, 2.05) is 11.9 Å². The molecule has 0 N–H and O–H groups in total. The first-order valence-corrected chi connectivity index (χ1v) is 7.82. The Labute approximate surface area is 122 Å². The summed E-state index contributed by atoms with van der Waals surface area (Å²) in [6.07, 6.45) is 3.00. The summed E-state index contributed by atoms with van der Waals surface area (Å²) in [7, 11) is 0.940. The van der Waals surface area contributed by atoms with Crippen LogP contribution in [0.5, 0.6) is 0 Å². The molecule has 2 aromatic rings. The molecule has 1 atom stereocenters. The molecular formula is C10H11Cl2N5OS. The van der Waals surface area contributed by atoms with Crippen molar-refractivity contribution >= 4 is 50.9 Å². The van der Waals surface area contributed by atoms with Gasteiger partial charge in [0.2, 0.25) is 5.28 Å². The van der Waals surface area contributed by atoms with Gasteiger partial charge in [0, 0.05) is 36.4 Å². The van der Waals surface area contributed by atoms with Gasteiger partial charge in [0.15, 0.2) is 11.0 Å². The Balaban J connectivity index is 2.47. The fourth-order valence-electron chi connectivity index (χ4n) is 1.52.